The van der Waals surface area contributed by atoms with Crippen LogP contribution in [0.15, 0.2) is 10.5 Å². The topological polar surface area (TPSA) is 54.9 Å². The van der Waals surface area contributed by atoms with E-state index in [9.17, 15) is 18.0 Å². The summed E-state index contributed by atoms with van der Waals surface area (Å²) in [5.74, 6) is -0.500. The highest BCUT2D eigenvalue weighted by atomic mass is 79.9. The minimum absolute atomic E-state index is 0.176. The Balaban J connectivity index is 2.13. The first-order chi connectivity index (χ1) is 9.31. The zero-order valence-corrected chi connectivity index (χ0v) is 13.1. The van der Waals surface area contributed by atoms with Crippen molar-refractivity contribution in [3.8, 4) is 0 Å². The van der Waals surface area contributed by atoms with Crippen molar-refractivity contribution in [2.45, 2.75) is 19.5 Å². The number of nitrogens with zero attached hydrogens (tertiary/aromatic N) is 2. The molecule has 0 radical (unpaired) electrons. The molecule has 0 unspecified atom stereocenters. The van der Waals surface area contributed by atoms with E-state index >= 15 is 0 Å². The highest BCUT2D eigenvalue weighted by Gasteiger charge is 2.35. The smallest absolute Gasteiger partial charge is 0.296 e. The molecule has 2 aromatic rings. The van der Waals surface area contributed by atoms with Gasteiger partial charge in [0.1, 0.15) is 0 Å². The third-order valence-corrected chi connectivity index (χ3v) is 5.32. The number of anilines is 1. The molecule has 1 N–H and O–H groups in total. The first kappa shape index (κ1) is 15.4. The predicted octanol–water partition coefficient (Wildman–Crippen LogP) is 4.20. The van der Waals surface area contributed by atoms with Crippen molar-refractivity contribution in [2.75, 3.05) is 5.32 Å². The van der Waals surface area contributed by atoms with Gasteiger partial charge in [0.15, 0.2) is 0 Å². The molecule has 2 heterocycles. The van der Waals surface area contributed by atoms with Crippen LogP contribution in [0.3, 0.4) is 0 Å². The van der Waals surface area contributed by atoms with Crippen molar-refractivity contribution in [3.63, 3.8) is 0 Å². The van der Waals surface area contributed by atoms with E-state index in [1.165, 1.54) is 11.3 Å². The maximum Gasteiger partial charge on any atom is 0.445 e. The zero-order valence-electron chi connectivity index (χ0n) is 9.92. The molecule has 0 atom stereocenters. The van der Waals surface area contributed by atoms with Crippen molar-refractivity contribution in [3.05, 3.63) is 25.3 Å². The largest absolute Gasteiger partial charge is 0.445 e. The van der Waals surface area contributed by atoms with Crippen molar-refractivity contribution < 1.29 is 18.0 Å². The molecule has 1 amide bonds. The lowest BCUT2D eigenvalue weighted by molar-refractivity contribution is -0.138. The third kappa shape index (κ3) is 3.36. The summed E-state index contributed by atoms with van der Waals surface area (Å²) in [5.41, 5.74) is 0. The number of carbonyl (C=O) groups is 1. The second-order valence-corrected chi connectivity index (χ2v) is 6.57. The normalized spacial score (nSPS) is 11.7. The summed E-state index contributed by atoms with van der Waals surface area (Å²) in [5, 5.41) is 7.35. The molecule has 0 spiro atoms. The molecular formula is C10H7BrF3N3OS2. The molecule has 0 aromatic carbocycles. The lowest BCUT2D eigenvalue weighted by Crippen LogP contribution is -2.09. The molecule has 4 nitrogen and oxygen atoms in total. The molecule has 0 aliphatic rings. The Morgan fingerprint density at radius 1 is 1.40 bits per heavy atom. The molecule has 0 fully saturated rings. The second-order valence-electron chi connectivity index (χ2n) is 3.60. The van der Waals surface area contributed by atoms with Gasteiger partial charge in [-0.2, -0.15) is 13.2 Å². The number of aromatic nitrogens is 2. The van der Waals surface area contributed by atoms with E-state index in [4.69, 9.17) is 0 Å². The van der Waals surface area contributed by atoms with Gasteiger partial charge in [0.2, 0.25) is 10.1 Å². The SMILES string of the molecule is CCc1sc(C(=O)Nc2nnc(C(F)(F)F)s2)cc1Br. The second kappa shape index (κ2) is 5.78. The number of alkyl halides is 3. The Morgan fingerprint density at radius 3 is 2.60 bits per heavy atom. The molecule has 0 saturated heterocycles. The fourth-order valence-electron chi connectivity index (χ4n) is 1.31. The van der Waals surface area contributed by atoms with Crippen LogP contribution in [0, 0.1) is 0 Å². The minimum Gasteiger partial charge on any atom is -0.296 e. The van der Waals surface area contributed by atoms with Gasteiger partial charge >= 0.3 is 6.18 Å². The number of thiophene rings is 1. The standard InChI is InChI=1S/C10H7BrF3N3OS2/c1-2-5-4(11)3-6(19-5)7(18)15-9-17-16-8(20-9)10(12,13)14/h3H,2H2,1H3,(H,15,17,18). The molecular weight excluding hydrogens is 379 g/mol. The Morgan fingerprint density at radius 2 is 2.10 bits per heavy atom. The van der Waals surface area contributed by atoms with Gasteiger partial charge in [0.25, 0.3) is 5.91 Å². The molecule has 108 valence electrons. The zero-order chi connectivity index (χ0) is 14.9. The number of carbonyl (C=O) groups excluding carboxylic acids is 1. The summed E-state index contributed by atoms with van der Waals surface area (Å²) in [6.07, 6.45) is -3.79. The lowest BCUT2D eigenvalue weighted by Gasteiger charge is -1.98. The van der Waals surface area contributed by atoms with E-state index in [-0.39, 0.29) is 5.13 Å². The lowest BCUT2D eigenvalue weighted by atomic mass is 10.3. The van der Waals surface area contributed by atoms with Crippen molar-refractivity contribution >= 4 is 49.6 Å². The summed E-state index contributed by atoms with van der Waals surface area (Å²) in [7, 11) is 0. The summed E-state index contributed by atoms with van der Waals surface area (Å²) in [6.45, 7) is 1.94. The van der Waals surface area contributed by atoms with E-state index in [0.29, 0.717) is 16.2 Å². The fraction of sp³-hybridized carbons (Fsp3) is 0.300. The minimum atomic E-state index is -4.55. The van der Waals surface area contributed by atoms with E-state index < -0.39 is 17.1 Å². The van der Waals surface area contributed by atoms with Gasteiger partial charge in [-0.15, -0.1) is 21.5 Å². The quantitative estimate of drug-likeness (QED) is 0.861. The van der Waals surface area contributed by atoms with E-state index in [1.54, 1.807) is 6.07 Å². The Labute approximate surface area is 128 Å². The van der Waals surface area contributed by atoms with Crippen molar-refractivity contribution in [2.24, 2.45) is 0 Å². The van der Waals surface area contributed by atoms with E-state index in [2.05, 4.69) is 31.4 Å². The van der Waals surface area contributed by atoms with Gasteiger partial charge in [-0.3, -0.25) is 10.1 Å². The summed E-state index contributed by atoms with van der Waals surface area (Å²) >= 11 is 4.89. The maximum absolute atomic E-state index is 12.4. The first-order valence-corrected chi connectivity index (χ1v) is 7.74. The Hall–Kier alpha value is -1.00. The molecule has 0 aliphatic carbocycles. The number of aryl methyl sites for hydroxylation is 1. The van der Waals surface area contributed by atoms with Crippen LogP contribution >= 0.6 is 38.6 Å². The van der Waals surface area contributed by atoms with Crippen LogP contribution < -0.4 is 5.32 Å². The Kier molecular flexibility index (Phi) is 4.45. The molecule has 0 bridgehead atoms. The fourth-order valence-corrected chi connectivity index (χ4v) is 3.70. The first-order valence-electron chi connectivity index (χ1n) is 5.31. The van der Waals surface area contributed by atoms with Gasteiger partial charge < -0.3 is 0 Å². The molecule has 0 saturated carbocycles. The molecule has 0 aliphatic heterocycles. The molecule has 10 heteroatoms. The summed E-state index contributed by atoms with van der Waals surface area (Å²) in [6, 6.07) is 1.63. The van der Waals surface area contributed by atoms with Gasteiger partial charge in [-0.1, -0.05) is 18.3 Å². The highest BCUT2D eigenvalue weighted by Crippen LogP contribution is 2.33. The van der Waals surface area contributed by atoms with Gasteiger partial charge in [0, 0.05) is 9.35 Å². The predicted molar refractivity (Wildman–Crippen MR) is 74.3 cm³/mol. The Bertz CT molecular complexity index is 638. The van der Waals surface area contributed by atoms with Crippen LogP contribution in [-0.4, -0.2) is 16.1 Å². The molecule has 20 heavy (non-hydrogen) atoms. The van der Waals surface area contributed by atoms with Crippen molar-refractivity contribution in [1.29, 1.82) is 0 Å². The summed E-state index contributed by atoms with van der Waals surface area (Å²) < 4.78 is 37.9. The number of nitrogens with one attached hydrogen (secondary N) is 1. The third-order valence-electron chi connectivity index (χ3n) is 2.19. The van der Waals surface area contributed by atoms with Crippen LogP contribution in [0.25, 0.3) is 0 Å². The molecule has 2 rings (SSSR count). The van der Waals surface area contributed by atoms with Crippen LogP contribution in [0.1, 0.15) is 26.5 Å². The van der Waals surface area contributed by atoms with Crippen LogP contribution in [0.5, 0.6) is 0 Å². The maximum atomic E-state index is 12.4. The van der Waals surface area contributed by atoms with E-state index in [1.807, 2.05) is 6.92 Å². The average molecular weight is 386 g/mol. The average Bonchev–Trinajstić information content (AvgIpc) is 2.95. The highest BCUT2D eigenvalue weighted by molar-refractivity contribution is 9.10. The summed E-state index contributed by atoms with van der Waals surface area (Å²) in [4.78, 5) is 13.3. The monoisotopic (exact) mass is 385 g/mol. The molecule has 2 aromatic heterocycles. The van der Waals surface area contributed by atoms with Crippen molar-refractivity contribution in [1.82, 2.24) is 10.2 Å². The van der Waals surface area contributed by atoms with Gasteiger partial charge in [0.05, 0.1) is 4.88 Å². The van der Waals surface area contributed by atoms with Crippen LogP contribution in [0.4, 0.5) is 18.3 Å². The van der Waals surface area contributed by atoms with Gasteiger partial charge in [-0.25, -0.2) is 0 Å². The number of rotatable bonds is 3. The number of halogens is 4. The number of amides is 1. The van der Waals surface area contributed by atoms with E-state index in [0.717, 1.165) is 15.8 Å². The number of hydrogen-bond donors (Lipinski definition) is 1. The van der Waals surface area contributed by atoms with Crippen LogP contribution in [-0.2, 0) is 12.6 Å². The van der Waals surface area contributed by atoms with Gasteiger partial charge in [-0.05, 0) is 28.4 Å². The number of hydrogen-bond acceptors (Lipinski definition) is 5. The van der Waals surface area contributed by atoms with Crippen LogP contribution in [0.2, 0.25) is 0 Å².